The van der Waals surface area contributed by atoms with E-state index in [1.54, 1.807) is 0 Å². The molecule has 3 aliphatic rings. The number of hydrogen-bond donors (Lipinski definition) is 2. The summed E-state index contributed by atoms with van der Waals surface area (Å²) in [5, 5.41) is 15.5. The van der Waals surface area contributed by atoms with Crippen LogP contribution in [0.2, 0.25) is 0 Å². The van der Waals surface area contributed by atoms with Crippen LogP contribution in [0.5, 0.6) is 0 Å². The van der Waals surface area contributed by atoms with Gasteiger partial charge in [0, 0.05) is 0 Å². The van der Waals surface area contributed by atoms with Crippen LogP contribution >= 0.6 is 16.3 Å². The normalized spacial score (nSPS) is 47.8. The molecule has 3 saturated heterocycles. The number of nitrogens with one attached hydrogen (secondary N) is 2. The van der Waals surface area contributed by atoms with Gasteiger partial charge in [-0.2, -0.15) is 0 Å². The summed E-state index contributed by atoms with van der Waals surface area (Å²) in [6.07, 6.45) is 1.01. The topological polar surface area (TPSA) is 119 Å². The van der Waals surface area contributed by atoms with E-state index in [-0.39, 0.29) is 89.1 Å². The van der Waals surface area contributed by atoms with Gasteiger partial charge in [0.05, 0.1) is 0 Å². The average Bonchev–Trinajstić information content (AvgIpc) is 2.91. The zero-order chi connectivity index (χ0) is 28.1. The Morgan fingerprint density at radius 3 is 1.61 bits per heavy atom. The molecule has 11 heteroatoms. The van der Waals surface area contributed by atoms with Crippen LogP contribution in [0.1, 0.15) is 81.6 Å². The molecule has 7 unspecified atom stereocenters. The third-order valence-corrected chi connectivity index (χ3v) is 10.2. The fourth-order valence-electron chi connectivity index (χ4n) is 6.61. The number of hydrogen-bond acceptors (Lipinski definition) is 9. The van der Waals surface area contributed by atoms with Gasteiger partial charge in [0.25, 0.3) is 0 Å². The van der Waals surface area contributed by atoms with Crippen LogP contribution in [0.15, 0.2) is 9.49 Å². The van der Waals surface area contributed by atoms with Gasteiger partial charge in [-0.3, -0.25) is 0 Å². The van der Waals surface area contributed by atoms with E-state index in [1.807, 2.05) is 6.92 Å². The van der Waals surface area contributed by atoms with E-state index in [9.17, 15) is 0 Å². The Labute approximate surface area is 232 Å². The van der Waals surface area contributed by atoms with Crippen molar-refractivity contribution in [3.8, 4) is 0 Å². The minimum absolute atomic E-state index is 0.0202. The van der Waals surface area contributed by atoms with Crippen LogP contribution in [0, 0.1) is 39.9 Å². The zero-order valence-corrected chi connectivity index (χ0v) is 26.4. The molecule has 0 aliphatic carbocycles. The summed E-state index contributed by atoms with van der Waals surface area (Å²) in [7, 11) is 0.445. The van der Waals surface area contributed by atoms with E-state index in [0.717, 1.165) is 19.3 Å². The van der Waals surface area contributed by atoms with Crippen molar-refractivity contribution in [2.45, 2.75) is 143 Å². The molecule has 9 nitrogen and oxygen atoms in total. The van der Waals surface area contributed by atoms with Gasteiger partial charge in [0.2, 0.25) is 0 Å². The van der Waals surface area contributed by atoms with Gasteiger partial charge in [-0.1, -0.05) is 0 Å². The van der Waals surface area contributed by atoms with Crippen LogP contribution in [0.3, 0.4) is 0 Å². The van der Waals surface area contributed by atoms with E-state index in [2.05, 4.69) is 64.9 Å². The molecule has 2 N–H and O–H groups in total. The van der Waals surface area contributed by atoms with Gasteiger partial charge in [-0.25, -0.2) is 0 Å². The van der Waals surface area contributed by atoms with Crippen LogP contribution in [0.4, 0.5) is 0 Å². The average molecular weight is 573 g/mol. The maximum atomic E-state index is 7.88. The molecule has 0 bridgehead atoms. The number of rotatable bonds is 9. The van der Waals surface area contributed by atoms with Crippen molar-refractivity contribution in [2.75, 3.05) is 0 Å². The Morgan fingerprint density at radius 1 is 0.579 bits per heavy atom. The number of nitrogens with zero attached hydrogens (tertiary/aromatic N) is 2. The van der Waals surface area contributed by atoms with Crippen molar-refractivity contribution in [3.63, 3.8) is 0 Å². The molecule has 3 fully saturated rings. The van der Waals surface area contributed by atoms with Crippen LogP contribution in [-0.2, 0) is 23.7 Å². The predicted molar refractivity (Wildman–Crippen MR) is 150 cm³/mol. The summed E-state index contributed by atoms with van der Waals surface area (Å²) in [4.78, 5) is 0. The van der Waals surface area contributed by atoms with Crippen LogP contribution in [-0.4, -0.2) is 61.3 Å². The van der Waals surface area contributed by atoms with Gasteiger partial charge >= 0.3 is 232 Å². The van der Waals surface area contributed by atoms with Crippen molar-refractivity contribution in [3.05, 3.63) is 0 Å². The summed E-state index contributed by atoms with van der Waals surface area (Å²) >= 11 is 0. The molecule has 0 amide bonds. The van der Waals surface area contributed by atoms with E-state index >= 15 is 0 Å². The molecule has 3 aliphatic heterocycles. The Kier molecular flexibility index (Phi) is 12.5. The molecular weight excluding hydrogens is 522 g/mol. The molecule has 38 heavy (non-hydrogen) atoms. The van der Waals surface area contributed by atoms with Gasteiger partial charge in [0.1, 0.15) is 0 Å². The van der Waals surface area contributed by atoms with Crippen molar-refractivity contribution < 1.29 is 23.7 Å². The first-order valence-electron chi connectivity index (χ1n) is 14.5. The molecule has 15 atom stereocenters. The Morgan fingerprint density at radius 2 is 1.05 bits per heavy atom. The SMILES string of the molecule is CCC1O[C@H](O[C@H]2C(CC)O[C@@H](C)C(N=[P+]=N)[C@H]2C)C(N=[P+]=N)C(C)[C@@H]1O[C@@H]1OC(CC)[C@H](C)[C@H](C)C1C. The van der Waals surface area contributed by atoms with Crippen molar-refractivity contribution >= 4 is 16.3 Å². The Hall–Kier alpha value is -0.140. The molecule has 0 radical (unpaired) electrons. The molecule has 0 spiro atoms. The summed E-state index contributed by atoms with van der Waals surface area (Å²) in [6.45, 7) is 19.5. The maximum absolute atomic E-state index is 7.88. The van der Waals surface area contributed by atoms with E-state index in [4.69, 9.17) is 34.0 Å². The third-order valence-electron chi connectivity index (χ3n) is 9.46. The van der Waals surface area contributed by atoms with Crippen LogP contribution < -0.4 is 0 Å². The second-order valence-electron chi connectivity index (χ2n) is 11.6. The molecule has 0 aromatic rings. The standard InChI is InChI=1S/C27H50N4O5P2/c1-10-19-14(5)13(4)15(6)26(33-19)35-25-17(8)23(31-38-29)27(34-21(25)12-3)36-24-16(7)22(30-37-28)18(9)32-20(24)11-2/h13-29H,10-12H2,1-9H3/q+2/t13-,14+,15?,16+,17?,18-,19?,20?,21?,22?,23?,24+,25-,26-,27+/m0/s1. The van der Waals surface area contributed by atoms with Gasteiger partial charge in [-0.05, 0) is 0 Å². The quantitative estimate of drug-likeness (QED) is 0.272. The van der Waals surface area contributed by atoms with Gasteiger partial charge in [0.15, 0.2) is 0 Å². The first-order chi connectivity index (χ1) is 18.1. The first-order valence-corrected chi connectivity index (χ1v) is 16.2. The molecule has 3 heterocycles. The first kappa shape index (κ1) is 32.4. The second-order valence-corrected chi connectivity index (χ2v) is 12.5. The van der Waals surface area contributed by atoms with Crippen LogP contribution in [0.25, 0.3) is 0 Å². The molecular formula is C27H50N4O5P2+2. The molecule has 0 aromatic heterocycles. The molecule has 0 aromatic carbocycles. The number of ether oxygens (including phenoxy) is 5. The van der Waals surface area contributed by atoms with E-state index in [0.29, 0.717) is 11.8 Å². The fraction of sp³-hybridized carbons (Fsp3) is 1.00. The Balaban J connectivity index is 1.84. The minimum atomic E-state index is -0.604. The summed E-state index contributed by atoms with van der Waals surface area (Å²) in [5.41, 5.74) is 0. The predicted octanol–water partition coefficient (Wildman–Crippen LogP) is 7.93. The van der Waals surface area contributed by atoms with Crippen molar-refractivity contribution in [1.29, 1.82) is 10.3 Å². The van der Waals surface area contributed by atoms with E-state index < -0.39 is 6.29 Å². The summed E-state index contributed by atoms with van der Waals surface area (Å²) in [5.74, 6) is 1.28. The summed E-state index contributed by atoms with van der Waals surface area (Å²) in [6, 6.07) is -0.473. The fourth-order valence-corrected chi connectivity index (χ4v) is 7.59. The zero-order valence-electron chi connectivity index (χ0n) is 24.6. The molecule has 216 valence electrons. The third kappa shape index (κ3) is 6.83. The Bertz CT molecular complexity index is 870. The van der Waals surface area contributed by atoms with Gasteiger partial charge < -0.3 is 0 Å². The summed E-state index contributed by atoms with van der Waals surface area (Å²) < 4.78 is 42.0. The monoisotopic (exact) mass is 572 g/mol. The molecule has 0 saturated carbocycles. The van der Waals surface area contributed by atoms with Crippen molar-refractivity contribution in [1.82, 2.24) is 0 Å². The van der Waals surface area contributed by atoms with Crippen molar-refractivity contribution in [2.24, 2.45) is 39.1 Å². The van der Waals surface area contributed by atoms with E-state index in [1.165, 1.54) is 0 Å². The second kappa shape index (κ2) is 14.7. The molecule has 3 rings (SSSR count). The van der Waals surface area contributed by atoms with Gasteiger partial charge in [-0.15, -0.1) is 0 Å².